The topological polar surface area (TPSA) is 87.2 Å². The molecule has 5 atom stereocenters. The van der Waals surface area contributed by atoms with Crippen molar-refractivity contribution in [2.24, 2.45) is 11.8 Å². The SMILES string of the molecule is C=CCCCOC(=O)[C@@H]1[C@@H]2CCC3(S2)C(C(=O)N(CC=C)c2ccccc2Cl)N(CCO)C(=O)[C@H]13. The second-order valence-corrected chi connectivity index (χ2v) is 11.1. The van der Waals surface area contributed by atoms with Crippen LogP contribution in [0.5, 0.6) is 0 Å². The van der Waals surface area contributed by atoms with E-state index < -0.39 is 22.6 Å². The maximum absolute atomic E-state index is 14.2. The van der Waals surface area contributed by atoms with Crippen LogP contribution in [-0.2, 0) is 19.1 Å². The molecule has 0 aromatic heterocycles. The molecule has 7 nitrogen and oxygen atoms in total. The number of aliphatic hydroxyl groups excluding tert-OH is 1. The van der Waals surface area contributed by atoms with Crippen LogP contribution in [0.1, 0.15) is 25.7 Å². The van der Waals surface area contributed by atoms with Crippen LogP contribution < -0.4 is 4.90 Å². The Labute approximate surface area is 215 Å². The number of thioether (sulfide) groups is 1. The van der Waals surface area contributed by atoms with Crippen LogP contribution in [0, 0.1) is 11.8 Å². The number of unbranched alkanes of at least 4 members (excludes halogenated alkanes) is 1. The summed E-state index contributed by atoms with van der Waals surface area (Å²) in [6, 6.07) is 6.23. The Morgan fingerprint density at radius 2 is 2.09 bits per heavy atom. The number of allylic oxidation sites excluding steroid dienone is 1. The third-order valence-corrected chi connectivity index (χ3v) is 9.44. The summed E-state index contributed by atoms with van der Waals surface area (Å²) in [5.74, 6) is -2.18. The van der Waals surface area contributed by atoms with Gasteiger partial charge < -0.3 is 19.6 Å². The molecule has 3 saturated heterocycles. The number of likely N-dealkylation sites (tertiary alicyclic amines) is 1. The molecule has 0 aliphatic carbocycles. The van der Waals surface area contributed by atoms with Crippen molar-refractivity contribution in [2.75, 3.05) is 31.2 Å². The third-order valence-electron chi connectivity index (χ3n) is 7.16. The number of ether oxygens (including phenoxy) is 1. The smallest absolute Gasteiger partial charge is 0.310 e. The molecule has 2 amide bonds. The van der Waals surface area contributed by atoms with E-state index in [4.69, 9.17) is 16.3 Å². The highest BCUT2D eigenvalue weighted by atomic mass is 35.5. The number of fused-ring (bicyclic) bond motifs is 1. The first kappa shape index (κ1) is 25.8. The fourth-order valence-electron chi connectivity index (χ4n) is 5.80. The highest BCUT2D eigenvalue weighted by molar-refractivity contribution is 8.02. The third kappa shape index (κ3) is 4.41. The van der Waals surface area contributed by atoms with E-state index in [1.165, 1.54) is 4.90 Å². The van der Waals surface area contributed by atoms with Gasteiger partial charge >= 0.3 is 5.97 Å². The van der Waals surface area contributed by atoms with Gasteiger partial charge in [-0.1, -0.05) is 35.9 Å². The fraction of sp³-hybridized carbons (Fsp3) is 0.500. The number of carbonyl (C=O) groups excluding carboxylic acids is 3. The van der Waals surface area contributed by atoms with Crippen molar-refractivity contribution in [1.29, 1.82) is 0 Å². The zero-order valence-electron chi connectivity index (χ0n) is 19.6. The van der Waals surface area contributed by atoms with E-state index in [-0.39, 0.29) is 49.3 Å². The van der Waals surface area contributed by atoms with Gasteiger partial charge in [0.05, 0.1) is 40.5 Å². The van der Waals surface area contributed by atoms with Crippen molar-refractivity contribution in [3.63, 3.8) is 0 Å². The summed E-state index contributed by atoms with van der Waals surface area (Å²) >= 11 is 8.00. The number of β-amino-alcohol motifs (C(OH)–C–C–N with tert-alkyl or cyclic N) is 1. The predicted molar refractivity (Wildman–Crippen MR) is 137 cm³/mol. The summed E-state index contributed by atoms with van der Waals surface area (Å²) < 4.78 is 4.80. The molecule has 3 aliphatic rings. The summed E-state index contributed by atoms with van der Waals surface area (Å²) in [5.41, 5.74) is 0.533. The number of carbonyl (C=O) groups is 3. The predicted octanol–water partition coefficient (Wildman–Crippen LogP) is 3.45. The second kappa shape index (κ2) is 10.8. The van der Waals surface area contributed by atoms with Crippen LogP contribution in [-0.4, -0.2) is 70.1 Å². The van der Waals surface area contributed by atoms with Gasteiger partial charge in [0.2, 0.25) is 5.91 Å². The number of aliphatic hydroxyl groups is 1. The first-order valence-corrected chi connectivity index (χ1v) is 13.2. The fourth-order valence-corrected chi connectivity index (χ4v) is 8.24. The van der Waals surface area contributed by atoms with Crippen molar-refractivity contribution in [1.82, 2.24) is 4.90 Å². The Bertz CT molecular complexity index is 1020. The first-order valence-electron chi connectivity index (χ1n) is 11.9. The van der Waals surface area contributed by atoms with Crippen LogP contribution in [0.3, 0.4) is 0 Å². The molecule has 1 spiro atoms. The van der Waals surface area contributed by atoms with Crippen LogP contribution in [0.25, 0.3) is 0 Å². The molecule has 1 aromatic rings. The number of benzene rings is 1. The number of esters is 1. The molecule has 2 bridgehead atoms. The summed E-state index contributed by atoms with van der Waals surface area (Å²) in [5, 5.41) is 10.1. The maximum atomic E-state index is 14.2. The van der Waals surface area contributed by atoms with E-state index in [0.717, 1.165) is 12.8 Å². The van der Waals surface area contributed by atoms with Crippen LogP contribution in [0.2, 0.25) is 5.02 Å². The van der Waals surface area contributed by atoms with E-state index in [1.54, 1.807) is 53.1 Å². The lowest BCUT2D eigenvalue weighted by atomic mass is 9.71. The minimum atomic E-state index is -0.822. The number of hydrogen-bond acceptors (Lipinski definition) is 6. The lowest BCUT2D eigenvalue weighted by Gasteiger charge is -2.37. The normalized spacial score (nSPS) is 28.6. The van der Waals surface area contributed by atoms with Crippen molar-refractivity contribution in [3.05, 3.63) is 54.6 Å². The quantitative estimate of drug-likeness (QED) is 0.274. The zero-order valence-corrected chi connectivity index (χ0v) is 21.2. The van der Waals surface area contributed by atoms with Crippen molar-refractivity contribution in [3.8, 4) is 0 Å². The Hall–Kier alpha value is -2.29. The van der Waals surface area contributed by atoms with E-state index in [0.29, 0.717) is 23.6 Å². The van der Waals surface area contributed by atoms with Crippen molar-refractivity contribution >= 4 is 46.8 Å². The second-order valence-electron chi connectivity index (χ2n) is 9.10. The lowest BCUT2D eigenvalue weighted by Crippen LogP contribution is -2.55. The summed E-state index contributed by atoms with van der Waals surface area (Å²) in [7, 11) is 0. The summed E-state index contributed by atoms with van der Waals surface area (Å²) in [6.07, 6.45) is 6.17. The van der Waals surface area contributed by atoms with Gasteiger partial charge in [0.1, 0.15) is 6.04 Å². The molecular formula is C26H31ClN2O5S. The van der Waals surface area contributed by atoms with Crippen LogP contribution in [0.15, 0.2) is 49.6 Å². The molecule has 3 heterocycles. The average Bonchev–Trinajstić information content (AvgIpc) is 3.48. The largest absolute Gasteiger partial charge is 0.465 e. The van der Waals surface area contributed by atoms with E-state index in [9.17, 15) is 19.5 Å². The molecule has 3 fully saturated rings. The number of amides is 2. The summed E-state index contributed by atoms with van der Waals surface area (Å²) in [6.45, 7) is 7.69. The van der Waals surface area contributed by atoms with Crippen LogP contribution >= 0.6 is 23.4 Å². The molecule has 188 valence electrons. The van der Waals surface area contributed by atoms with E-state index in [1.807, 2.05) is 0 Å². The molecule has 0 saturated carbocycles. The van der Waals surface area contributed by atoms with E-state index >= 15 is 0 Å². The van der Waals surface area contributed by atoms with Gasteiger partial charge in [0, 0.05) is 18.3 Å². The Morgan fingerprint density at radius 3 is 2.77 bits per heavy atom. The first-order chi connectivity index (χ1) is 16.9. The lowest BCUT2D eigenvalue weighted by molar-refractivity contribution is -0.154. The minimum absolute atomic E-state index is 0.0181. The highest BCUT2D eigenvalue weighted by Crippen LogP contribution is 2.66. The van der Waals surface area contributed by atoms with Gasteiger partial charge in [-0.2, -0.15) is 0 Å². The molecule has 35 heavy (non-hydrogen) atoms. The van der Waals surface area contributed by atoms with Gasteiger partial charge in [-0.15, -0.1) is 24.9 Å². The van der Waals surface area contributed by atoms with Gasteiger partial charge in [-0.25, -0.2) is 0 Å². The molecule has 1 N–H and O–H groups in total. The van der Waals surface area contributed by atoms with Crippen molar-refractivity contribution < 1.29 is 24.2 Å². The minimum Gasteiger partial charge on any atom is -0.465 e. The van der Waals surface area contributed by atoms with Gasteiger partial charge in [0.25, 0.3) is 5.91 Å². The standard InChI is InChI=1S/C26H31ClN2O5S/c1-3-5-8-16-34-25(33)20-19-11-12-26(35-19)21(20)23(31)29(14-15-30)22(26)24(32)28(13-4-2)18-10-7-6-9-17(18)27/h3-4,6-7,9-10,19-22,30H,1-2,5,8,11-16H2/t19-,20+,21-,22?,26?/m0/s1. The number of halogens is 1. The van der Waals surface area contributed by atoms with Gasteiger partial charge in [0.15, 0.2) is 0 Å². The zero-order chi connectivity index (χ0) is 25.2. The number of anilines is 1. The Morgan fingerprint density at radius 1 is 1.31 bits per heavy atom. The van der Waals surface area contributed by atoms with Crippen LogP contribution in [0.4, 0.5) is 5.69 Å². The van der Waals surface area contributed by atoms with Gasteiger partial charge in [-0.3, -0.25) is 14.4 Å². The monoisotopic (exact) mass is 518 g/mol. The number of para-hydroxylation sites is 1. The average molecular weight is 519 g/mol. The Balaban J connectivity index is 1.68. The maximum Gasteiger partial charge on any atom is 0.310 e. The number of hydrogen-bond donors (Lipinski definition) is 1. The highest BCUT2D eigenvalue weighted by Gasteiger charge is 2.74. The molecule has 1 aromatic carbocycles. The molecule has 9 heteroatoms. The van der Waals surface area contributed by atoms with Gasteiger partial charge in [-0.05, 0) is 37.8 Å². The summed E-state index contributed by atoms with van der Waals surface area (Å²) in [4.78, 5) is 44.0. The molecule has 4 rings (SSSR count). The molecule has 3 aliphatic heterocycles. The molecule has 0 radical (unpaired) electrons. The number of rotatable bonds is 11. The Kier molecular flexibility index (Phi) is 7.93. The number of nitrogens with zero attached hydrogens (tertiary/aromatic N) is 2. The molecule has 2 unspecified atom stereocenters. The molecular weight excluding hydrogens is 488 g/mol. The van der Waals surface area contributed by atoms with E-state index in [2.05, 4.69) is 13.2 Å². The van der Waals surface area contributed by atoms with Crippen molar-refractivity contribution in [2.45, 2.75) is 41.7 Å².